The summed E-state index contributed by atoms with van der Waals surface area (Å²) in [5.41, 5.74) is -0.397. The zero-order valence-electron chi connectivity index (χ0n) is 12.8. The van der Waals surface area contributed by atoms with Crippen LogP contribution in [0.1, 0.15) is 37.3 Å². The molecule has 0 unspecified atom stereocenters. The summed E-state index contributed by atoms with van der Waals surface area (Å²) in [7, 11) is 0. The van der Waals surface area contributed by atoms with E-state index in [1.807, 2.05) is 36.4 Å². The third-order valence-electron chi connectivity index (χ3n) is 3.71. The largest absolute Gasteiger partial charge is 0.546 e. The van der Waals surface area contributed by atoms with E-state index >= 15 is 0 Å². The first-order valence-corrected chi connectivity index (χ1v) is 7.68. The smallest absolute Gasteiger partial charge is 0.157 e. The number of carbonyl (C=O) groups excluding carboxylic acids is 1. The molecule has 0 amide bonds. The van der Waals surface area contributed by atoms with Crippen LogP contribution in [0.4, 0.5) is 0 Å². The predicted molar refractivity (Wildman–Crippen MR) is 84.1 cm³/mol. The van der Waals surface area contributed by atoms with Gasteiger partial charge in [-0.2, -0.15) is 0 Å². The van der Waals surface area contributed by atoms with Gasteiger partial charge in [-0.05, 0) is 17.5 Å². The predicted octanol–water partition coefficient (Wildman–Crippen LogP) is 2.89. The molecule has 0 aliphatic carbocycles. The number of unbranched alkanes of at least 4 members (excludes halogenated alkanes) is 2. The molecule has 0 aliphatic rings. The van der Waals surface area contributed by atoms with E-state index in [2.05, 4.69) is 6.92 Å². The zero-order chi connectivity index (χ0) is 15.8. The van der Waals surface area contributed by atoms with Crippen molar-refractivity contribution in [3.8, 4) is 0 Å². The van der Waals surface area contributed by atoms with Crippen LogP contribution in [0.5, 0.6) is 0 Å². The Hall–Kier alpha value is -2.13. The molecule has 3 nitrogen and oxygen atoms in total. The number of aliphatic carboxylic acids is 1. The lowest BCUT2D eigenvalue weighted by molar-refractivity contribution is -0.325. The summed E-state index contributed by atoms with van der Waals surface area (Å²) >= 11 is 0. The van der Waals surface area contributed by atoms with Gasteiger partial charge in [0.05, 0.1) is 5.97 Å². The minimum atomic E-state index is -1.56. The normalized spacial score (nSPS) is 11.3. The fourth-order valence-corrected chi connectivity index (χ4v) is 2.55. The van der Waals surface area contributed by atoms with E-state index in [0.717, 1.165) is 19.3 Å². The van der Waals surface area contributed by atoms with Crippen LogP contribution >= 0.6 is 0 Å². The quantitative estimate of drug-likeness (QED) is 0.704. The number of carbonyl (C=O) groups is 1. The van der Waals surface area contributed by atoms with Gasteiger partial charge in [0, 0.05) is 6.61 Å². The Labute approximate surface area is 131 Å². The molecule has 0 radical (unpaired) electrons. The van der Waals surface area contributed by atoms with Crippen molar-refractivity contribution in [2.45, 2.75) is 31.8 Å². The van der Waals surface area contributed by atoms with E-state index < -0.39 is 11.6 Å². The number of carboxylic acids is 1. The Morgan fingerprint density at radius 1 is 0.955 bits per heavy atom. The van der Waals surface area contributed by atoms with Crippen LogP contribution in [0, 0.1) is 0 Å². The van der Waals surface area contributed by atoms with E-state index in [4.69, 9.17) is 4.74 Å². The average Bonchev–Trinajstić information content (AvgIpc) is 2.56. The number of carboxylic acid groups (broad SMARTS) is 1. The van der Waals surface area contributed by atoms with Crippen molar-refractivity contribution in [2.24, 2.45) is 0 Å². The summed E-state index contributed by atoms with van der Waals surface area (Å²) in [6.45, 7) is 2.48. The molecule has 0 aromatic heterocycles. The van der Waals surface area contributed by atoms with Gasteiger partial charge in [0.1, 0.15) is 0 Å². The second-order valence-electron chi connectivity index (χ2n) is 5.26. The van der Waals surface area contributed by atoms with Crippen LogP contribution in [-0.4, -0.2) is 12.6 Å². The maximum Gasteiger partial charge on any atom is 0.157 e. The first-order valence-electron chi connectivity index (χ1n) is 7.68. The van der Waals surface area contributed by atoms with Gasteiger partial charge in [0.25, 0.3) is 0 Å². The minimum Gasteiger partial charge on any atom is -0.546 e. The summed E-state index contributed by atoms with van der Waals surface area (Å²) in [6.07, 6.45) is 2.89. The molecular formula is C19H21O3-. The van der Waals surface area contributed by atoms with Crippen molar-refractivity contribution in [1.29, 1.82) is 0 Å². The molecule has 0 saturated carbocycles. The molecule has 2 aromatic rings. The molecule has 0 spiro atoms. The molecule has 116 valence electrons. The van der Waals surface area contributed by atoms with Crippen molar-refractivity contribution in [1.82, 2.24) is 0 Å². The lowest BCUT2D eigenvalue weighted by Gasteiger charge is -2.36. The highest BCUT2D eigenvalue weighted by Gasteiger charge is 2.37. The van der Waals surface area contributed by atoms with E-state index in [0.29, 0.717) is 17.7 Å². The van der Waals surface area contributed by atoms with Crippen LogP contribution in [0.3, 0.4) is 0 Å². The van der Waals surface area contributed by atoms with Crippen LogP contribution in [0.25, 0.3) is 0 Å². The minimum absolute atomic E-state index is 0.381. The summed E-state index contributed by atoms with van der Waals surface area (Å²) < 4.78 is 5.90. The van der Waals surface area contributed by atoms with Gasteiger partial charge < -0.3 is 14.6 Å². The van der Waals surface area contributed by atoms with Crippen molar-refractivity contribution in [3.05, 3.63) is 71.8 Å². The van der Waals surface area contributed by atoms with Crippen molar-refractivity contribution >= 4 is 5.97 Å². The molecule has 22 heavy (non-hydrogen) atoms. The van der Waals surface area contributed by atoms with Crippen molar-refractivity contribution < 1.29 is 14.6 Å². The number of hydrogen-bond acceptors (Lipinski definition) is 3. The van der Waals surface area contributed by atoms with Gasteiger partial charge in [0.2, 0.25) is 0 Å². The van der Waals surface area contributed by atoms with Gasteiger partial charge in [-0.15, -0.1) is 0 Å². The number of hydrogen-bond donors (Lipinski definition) is 0. The lowest BCUT2D eigenvalue weighted by atomic mass is 9.86. The van der Waals surface area contributed by atoms with Crippen LogP contribution in [0.15, 0.2) is 60.7 Å². The van der Waals surface area contributed by atoms with E-state index in [9.17, 15) is 9.90 Å². The summed E-state index contributed by atoms with van der Waals surface area (Å²) in [5, 5.41) is 12.0. The summed E-state index contributed by atoms with van der Waals surface area (Å²) in [4.78, 5) is 12.0. The molecule has 0 N–H and O–H groups in total. The van der Waals surface area contributed by atoms with Crippen molar-refractivity contribution in [3.63, 3.8) is 0 Å². The molecule has 2 rings (SSSR count). The van der Waals surface area contributed by atoms with E-state index in [1.54, 1.807) is 24.3 Å². The Morgan fingerprint density at radius 3 is 1.86 bits per heavy atom. The monoisotopic (exact) mass is 297 g/mol. The first kappa shape index (κ1) is 16.2. The first-order chi connectivity index (χ1) is 10.7. The number of ether oxygens (including phenoxy) is 1. The third-order valence-corrected chi connectivity index (χ3v) is 3.71. The molecular weight excluding hydrogens is 276 g/mol. The van der Waals surface area contributed by atoms with Gasteiger partial charge in [0.15, 0.2) is 5.60 Å². The van der Waals surface area contributed by atoms with Gasteiger partial charge >= 0.3 is 0 Å². The topological polar surface area (TPSA) is 49.4 Å². The number of rotatable bonds is 8. The van der Waals surface area contributed by atoms with Gasteiger partial charge in [-0.3, -0.25) is 0 Å². The molecule has 0 atom stereocenters. The van der Waals surface area contributed by atoms with E-state index in [-0.39, 0.29) is 0 Å². The summed E-state index contributed by atoms with van der Waals surface area (Å²) in [6, 6.07) is 18.0. The fourth-order valence-electron chi connectivity index (χ4n) is 2.55. The van der Waals surface area contributed by atoms with Crippen LogP contribution in [-0.2, 0) is 15.1 Å². The highest BCUT2D eigenvalue weighted by molar-refractivity contribution is 5.82. The number of benzene rings is 2. The Balaban J connectivity index is 2.44. The Morgan fingerprint density at radius 2 is 1.45 bits per heavy atom. The molecule has 0 heterocycles. The highest BCUT2D eigenvalue weighted by Crippen LogP contribution is 2.33. The Kier molecular flexibility index (Phi) is 5.73. The summed E-state index contributed by atoms with van der Waals surface area (Å²) in [5.74, 6) is -1.23. The molecule has 0 aliphatic heterocycles. The average molecular weight is 297 g/mol. The maximum absolute atomic E-state index is 12.0. The molecule has 0 fully saturated rings. The Bertz CT molecular complexity index is 539. The van der Waals surface area contributed by atoms with Crippen LogP contribution in [0.2, 0.25) is 0 Å². The highest BCUT2D eigenvalue weighted by atomic mass is 16.5. The third kappa shape index (κ3) is 3.37. The molecule has 0 saturated heterocycles. The zero-order valence-corrected chi connectivity index (χ0v) is 12.8. The fraction of sp³-hybridized carbons (Fsp3) is 0.316. The SMILES string of the molecule is CCCCCOC(C(=O)[O-])(c1ccccc1)c1ccccc1. The lowest BCUT2D eigenvalue weighted by Crippen LogP contribution is -2.49. The standard InChI is InChI=1S/C19H22O3/c1-2-3-10-15-22-19(18(20)21,16-11-6-4-7-12-16)17-13-8-5-9-14-17/h4-9,11-14H,2-3,10,15H2,1H3,(H,20,21)/p-1. The van der Waals surface area contributed by atoms with E-state index in [1.165, 1.54) is 0 Å². The van der Waals surface area contributed by atoms with Crippen LogP contribution < -0.4 is 5.11 Å². The maximum atomic E-state index is 12.0. The van der Waals surface area contributed by atoms with Gasteiger partial charge in [-0.1, -0.05) is 80.4 Å². The molecule has 3 heteroatoms. The van der Waals surface area contributed by atoms with Gasteiger partial charge in [-0.25, -0.2) is 0 Å². The van der Waals surface area contributed by atoms with Crippen molar-refractivity contribution in [2.75, 3.05) is 6.61 Å². The molecule has 2 aromatic carbocycles. The molecule has 0 bridgehead atoms. The second kappa shape index (κ2) is 7.76. The second-order valence-corrected chi connectivity index (χ2v) is 5.26.